The molecule has 1 aromatic heterocycles. The lowest BCUT2D eigenvalue weighted by molar-refractivity contribution is -0.124. The van der Waals surface area contributed by atoms with Crippen LogP contribution in [-0.2, 0) is 11.3 Å². The van der Waals surface area contributed by atoms with Crippen molar-refractivity contribution in [3.05, 3.63) is 40.4 Å². The Bertz CT molecular complexity index is 774. The summed E-state index contributed by atoms with van der Waals surface area (Å²) in [4.78, 5) is 26.4. The number of nitrogens with zero attached hydrogens (tertiary/aromatic N) is 3. The molecule has 0 bridgehead atoms. The largest absolute Gasteiger partial charge is 0.356 e. The quantitative estimate of drug-likeness (QED) is 0.809. The van der Waals surface area contributed by atoms with E-state index >= 15 is 0 Å². The summed E-state index contributed by atoms with van der Waals surface area (Å²) in [7, 11) is 0. The molecule has 138 valence electrons. The molecule has 26 heavy (non-hydrogen) atoms. The summed E-state index contributed by atoms with van der Waals surface area (Å²) in [5.41, 5.74) is 1.72. The Hall–Kier alpha value is -2.32. The Balaban J connectivity index is 1.53. The van der Waals surface area contributed by atoms with Gasteiger partial charge < -0.3 is 5.32 Å². The first-order valence-electron chi connectivity index (χ1n) is 8.75. The summed E-state index contributed by atoms with van der Waals surface area (Å²) >= 11 is 1.35. The zero-order valence-corrected chi connectivity index (χ0v) is 15.8. The summed E-state index contributed by atoms with van der Waals surface area (Å²) in [6, 6.07) is 7.55. The lowest BCUT2D eigenvalue weighted by Crippen LogP contribution is -2.32. The molecular formula is C18H23N5O2S. The molecule has 1 aliphatic heterocycles. The van der Waals surface area contributed by atoms with Gasteiger partial charge >= 0.3 is 0 Å². The van der Waals surface area contributed by atoms with Crippen LogP contribution in [-0.4, -0.2) is 46.5 Å². The maximum Gasteiger partial charge on any atom is 0.257 e. The number of amides is 2. The average molecular weight is 373 g/mol. The highest BCUT2D eigenvalue weighted by Gasteiger charge is 2.27. The topological polar surface area (TPSA) is 87.2 Å². The maximum atomic E-state index is 12.2. The van der Waals surface area contributed by atoms with Gasteiger partial charge in [0.1, 0.15) is 5.01 Å². The fourth-order valence-corrected chi connectivity index (χ4v) is 3.63. The average Bonchev–Trinajstić information content (AvgIpc) is 3.25. The molecule has 8 heteroatoms. The van der Waals surface area contributed by atoms with Crippen molar-refractivity contribution in [2.24, 2.45) is 5.92 Å². The number of aryl methyl sites for hydroxylation is 1. The van der Waals surface area contributed by atoms with Gasteiger partial charge in [-0.1, -0.05) is 23.5 Å². The Morgan fingerprint density at radius 2 is 2.04 bits per heavy atom. The second-order valence-corrected chi connectivity index (χ2v) is 7.57. The molecule has 0 aliphatic carbocycles. The van der Waals surface area contributed by atoms with Gasteiger partial charge in [0.15, 0.2) is 0 Å². The van der Waals surface area contributed by atoms with E-state index in [2.05, 4.69) is 25.7 Å². The third-order valence-corrected chi connectivity index (χ3v) is 5.12. The second-order valence-electron chi connectivity index (χ2n) is 6.39. The van der Waals surface area contributed by atoms with Crippen molar-refractivity contribution in [2.45, 2.75) is 26.8 Å². The maximum absolute atomic E-state index is 12.2. The first-order chi connectivity index (χ1) is 12.5. The van der Waals surface area contributed by atoms with E-state index in [1.54, 1.807) is 0 Å². The van der Waals surface area contributed by atoms with Crippen LogP contribution < -0.4 is 10.6 Å². The Labute approximate surface area is 156 Å². The Kier molecular flexibility index (Phi) is 5.95. The smallest absolute Gasteiger partial charge is 0.257 e. The molecule has 1 saturated heterocycles. The molecule has 1 fully saturated rings. The summed E-state index contributed by atoms with van der Waals surface area (Å²) < 4.78 is 0. The number of hydrogen-bond acceptors (Lipinski definition) is 6. The van der Waals surface area contributed by atoms with Gasteiger partial charge in [-0.15, -0.1) is 10.2 Å². The highest BCUT2D eigenvalue weighted by molar-refractivity contribution is 7.15. The molecule has 2 amide bonds. The van der Waals surface area contributed by atoms with Crippen molar-refractivity contribution in [1.82, 2.24) is 20.4 Å². The van der Waals surface area contributed by atoms with E-state index in [1.165, 1.54) is 11.3 Å². The number of anilines is 1. The van der Waals surface area contributed by atoms with Gasteiger partial charge in [0.2, 0.25) is 11.0 Å². The first kappa shape index (κ1) is 18.5. The molecule has 2 aromatic rings. The van der Waals surface area contributed by atoms with E-state index in [4.69, 9.17) is 0 Å². The van der Waals surface area contributed by atoms with E-state index < -0.39 is 0 Å². The van der Waals surface area contributed by atoms with Crippen molar-refractivity contribution < 1.29 is 9.59 Å². The van der Waals surface area contributed by atoms with Crippen LogP contribution in [0.3, 0.4) is 0 Å². The number of nitrogens with one attached hydrogen (secondary N) is 2. The van der Waals surface area contributed by atoms with Crippen molar-refractivity contribution in [1.29, 1.82) is 0 Å². The summed E-state index contributed by atoms with van der Waals surface area (Å²) in [6.45, 7) is 6.94. The van der Waals surface area contributed by atoms with Crippen LogP contribution in [0, 0.1) is 12.8 Å². The zero-order valence-electron chi connectivity index (χ0n) is 15.0. The Morgan fingerprint density at radius 3 is 2.69 bits per heavy atom. The predicted octanol–water partition coefficient (Wildman–Crippen LogP) is 2.06. The fourth-order valence-electron chi connectivity index (χ4n) is 3.04. The summed E-state index contributed by atoms with van der Waals surface area (Å²) in [5.74, 6) is 0.0365. The van der Waals surface area contributed by atoms with Gasteiger partial charge in [0, 0.05) is 25.2 Å². The van der Waals surface area contributed by atoms with Gasteiger partial charge in [0.05, 0.1) is 5.92 Å². The van der Waals surface area contributed by atoms with Crippen LogP contribution in [0.2, 0.25) is 0 Å². The van der Waals surface area contributed by atoms with E-state index in [0.717, 1.165) is 36.6 Å². The van der Waals surface area contributed by atoms with Crippen molar-refractivity contribution >= 4 is 28.3 Å². The highest BCUT2D eigenvalue weighted by atomic mass is 32.1. The monoisotopic (exact) mass is 373 g/mol. The molecule has 2 heterocycles. The fraction of sp³-hybridized carbons (Fsp3) is 0.444. The molecule has 7 nitrogen and oxygen atoms in total. The van der Waals surface area contributed by atoms with Gasteiger partial charge in [-0.05, 0) is 44.5 Å². The molecule has 1 atom stereocenters. The third kappa shape index (κ3) is 4.64. The lowest BCUT2D eigenvalue weighted by atomic mass is 10.1. The lowest BCUT2D eigenvalue weighted by Gasteiger charge is -2.16. The number of carbonyl (C=O) groups excluding carboxylic acids is 2. The van der Waals surface area contributed by atoms with Crippen LogP contribution in [0.1, 0.15) is 34.3 Å². The number of carbonyl (C=O) groups is 2. The van der Waals surface area contributed by atoms with Crippen molar-refractivity contribution in [3.63, 3.8) is 0 Å². The second kappa shape index (κ2) is 8.37. The molecule has 1 aliphatic rings. The van der Waals surface area contributed by atoms with Crippen LogP contribution >= 0.6 is 11.3 Å². The first-order valence-corrected chi connectivity index (χ1v) is 9.57. The Morgan fingerprint density at radius 1 is 1.27 bits per heavy atom. The minimum atomic E-state index is -0.190. The number of aromatic nitrogens is 2. The third-order valence-electron chi connectivity index (χ3n) is 4.36. The molecule has 2 N–H and O–H groups in total. The molecule has 0 spiro atoms. The predicted molar refractivity (Wildman–Crippen MR) is 101 cm³/mol. The van der Waals surface area contributed by atoms with Crippen LogP contribution in [0.4, 0.5) is 5.13 Å². The molecular weight excluding hydrogens is 350 g/mol. The minimum Gasteiger partial charge on any atom is -0.356 e. The molecule has 0 unspecified atom stereocenters. The van der Waals surface area contributed by atoms with E-state index in [-0.39, 0.29) is 17.7 Å². The van der Waals surface area contributed by atoms with Crippen molar-refractivity contribution in [2.75, 3.05) is 25.0 Å². The number of likely N-dealkylation sites (tertiary alicyclic amines) is 1. The molecule has 3 rings (SSSR count). The van der Waals surface area contributed by atoms with E-state index in [9.17, 15) is 9.59 Å². The van der Waals surface area contributed by atoms with Gasteiger partial charge in [0.25, 0.3) is 5.91 Å². The number of hydrogen-bond donors (Lipinski definition) is 2. The van der Waals surface area contributed by atoms with Gasteiger partial charge in [-0.2, -0.15) is 0 Å². The van der Waals surface area contributed by atoms with Crippen molar-refractivity contribution in [3.8, 4) is 0 Å². The van der Waals surface area contributed by atoms with E-state index in [0.29, 0.717) is 17.2 Å². The molecule has 0 saturated carbocycles. The number of benzene rings is 1. The highest BCUT2D eigenvalue weighted by Crippen LogP contribution is 2.20. The SMILES string of the molecule is CCNC(=O)[C@H]1CCN(Cc2ccc(C(=O)Nc3nnc(C)s3)cc2)C1. The van der Waals surface area contributed by atoms with E-state index in [1.807, 2.05) is 38.1 Å². The zero-order chi connectivity index (χ0) is 18.5. The normalized spacial score (nSPS) is 17.2. The standard InChI is InChI=1S/C18H23N5O2S/c1-3-19-16(24)15-8-9-23(11-15)10-13-4-6-14(7-5-13)17(25)20-18-22-21-12(2)26-18/h4-7,15H,3,8-11H2,1-2H3,(H,19,24)(H,20,22,25)/t15-/m0/s1. The summed E-state index contributed by atoms with van der Waals surface area (Å²) in [6.07, 6.45) is 0.896. The van der Waals surface area contributed by atoms with Crippen LogP contribution in [0.15, 0.2) is 24.3 Å². The molecule has 1 aromatic carbocycles. The van der Waals surface area contributed by atoms with Crippen LogP contribution in [0.25, 0.3) is 0 Å². The number of rotatable bonds is 6. The summed E-state index contributed by atoms with van der Waals surface area (Å²) in [5, 5.41) is 14.7. The van der Waals surface area contributed by atoms with Crippen LogP contribution in [0.5, 0.6) is 0 Å². The van der Waals surface area contributed by atoms with Gasteiger partial charge in [-0.3, -0.25) is 19.8 Å². The molecule has 0 radical (unpaired) electrons. The van der Waals surface area contributed by atoms with Gasteiger partial charge in [-0.25, -0.2) is 0 Å². The minimum absolute atomic E-state index is 0.0790.